The third-order valence-corrected chi connectivity index (χ3v) is 10.1. The van der Waals surface area contributed by atoms with E-state index in [1.807, 2.05) is 36.4 Å². The predicted molar refractivity (Wildman–Crippen MR) is 205 cm³/mol. The Morgan fingerprint density at radius 3 is 1.47 bits per heavy atom. The molecule has 2 N–H and O–H groups in total. The molecule has 0 bridgehead atoms. The zero-order valence-electron chi connectivity index (χ0n) is 30.7. The van der Waals surface area contributed by atoms with Crippen molar-refractivity contribution in [3.05, 3.63) is 96.1 Å². The van der Waals surface area contributed by atoms with Crippen LogP contribution >= 0.6 is 0 Å². The molecule has 0 radical (unpaired) electrons. The molecule has 10 nitrogen and oxygen atoms in total. The third kappa shape index (κ3) is 16.6. The number of para-hydroxylation sites is 2. The quantitative estimate of drug-likeness (QED) is 0.0499. The standard InChI is InChI=1S/2C20H26O5S.Ca/c2*1-2-3-4-5-6-7-10-16-11-8-12-17(15-16)25-18-13-9-14-19(20(18)21)26(22,23)24;/h2*8-9,11-15,21H,2-7,10H2,1H3,(H,22,23,24);/q;;+2/p-2. The van der Waals surface area contributed by atoms with E-state index in [2.05, 4.69) is 13.8 Å². The summed E-state index contributed by atoms with van der Waals surface area (Å²) in [6.07, 6.45) is 16.5. The van der Waals surface area contributed by atoms with Crippen LogP contribution in [0.5, 0.6) is 34.5 Å². The molecule has 4 aromatic rings. The summed E-state index contributed by atoms with van der Waals surface area (Å²) in [7, 11) is -9.33. The Balaban J connectivity index is 0.000000360. The molecule has 0 aromatic heterocycles. The second-order valence-electron chi connectivity index (χ2n) is 12.6. The van der Waals surface area contributed by atoms with Crippen molar-refractivity contribution >= 4 is 58.0 Å². The van der Waals surface area contributed by atoms with Crippen LogP contribution in [-0.2, 0) is 33.1 Å². The van der Waals surface area contributed by atoms with Crippen molar-refractivity contribution < 1.29 is 45.6 Å². The first-order valence-electron chi connectivity index (χ1n) is 17.9. The number of aromatic hydroxyl groups is 1. The second-order valence-corrected chi connectivity index (χ2v) is 15.4. The van der Waals surface area contributed by atoms with E-state index in [-0.39, 0.29) is 49.2 Å². The molecule has 0 aliphatic heterocycles. The van der Waals surface area contributed by atoms with Crippen molar-refractivity contribution in [2.45, 2.75) is 114 Å². The van der Waals surface area contributed by atoms with Gasteiger partial charge in [-0.15, -0.1) is 0 Å². The SMILES string of the molecule is CCCCCCCCc1cccc(Oc2cccc(S(=O)(=O)O)c2O)c1.CCCCCCCCc1cccc(Oc2cccc(S(=O)(=O)[O-])c2[O-])c1.[Ca+2]. The molecular weight excluding hydrogens is 745 g/mol. The monoisotopic (exact) mass is 794 g/mol. The van der Waals surface area contributed by atoms with Gasteiger partial charge in [0.05, 0.1) is 4.90 Å². The van der Waals surface area contributed by atoms with Crippen LogP contribution in [0, 0.1) is 0 Å². The molecule has 0 fully saturated rings. The van der Waals surface area contributed by atoms with Gasteiger partial charge in [0.15, 0.2) is 11.5 Å². The first-order chi connectivity index (χ1) is 24.8. The predicted octanol–water partition coefficient (Wildman–Crippen LogP) is 9.31. The van der Waals surface area contributed by atoms with Gasteiger partial charge in [0.1, 0.15) is 32.3 Å². The van der Waals surface area contributed by atoms with E-state index in [9.17, 15) is 31.6 Å². The largest absolute Gasteiger partial charge is 2.00 e. The van der Waals surface area contributed by atoms with Gasteiger partial charge in [0.25, 0.3) is 10.1 Å². The van der Waals surface area contributed by atoms with Crippen LogP contribution in [0.3, 0.4) is 0 Å². The summed E-state index contributed by atoms with van der Waals surface area (Å²) < 4.78 is 76.2. The number of rotatable bonds is 20. The van der Waals surface area contributed by atoms with Gasteiger partial charge in [0, 0.05) is 0 Å². The van der Waals surface area contributed by atoms with Crippen molar-refractivity contribution in [1.29, 1.82) is 0 Å². The Labute approximate surface area is 345 Å². The van der Waals surface area contributed by atoms with E-state index < -0.39 is 41.5 Å². The molecule has 0 heterocycles. The van der Waals surface area contributed by atoms with Crippen molar-refractivity contribution in [3.63, 3.8) is 0 Å². The Bertz CT molecular complexity index is 1780. The number of unbranched alkanes of at least 4 members (excludes halogenated alkanes) is 10. The van der Waals surface area contributed by atoms with Gasteiger partial charge < -0.3 is 24.2 Å². The summed E-state index contributed by atoms with van der Waals surface area (Å²) in [5.74, 6) is -0.738. The van der Waals surface area contributed by atoms with E-state index in [1.165, 1.54) is 88.5 Å². The van der Waals surface area contributed by atoms with Crippen molar-refractivity contribution in [3.8, 4) is 34.5 Å². The molecular formula is C40H50CaO10S2. The summed E-state index contributed by atoms with van der Waals surface area (Å²) in [5.41, 5.74) is 2.22. The Hall–Kier alpha value is -2.84. The van der Waals surface area contributed by atoms with Gasteiger partial charge in [-0.25, -0.2) is 8.42 Å². The van der Waals surface area contributed by atoms with E-state index in [1.54, 1.807) is 12.1 Å². The maximum atomic E-state index is 12.1. The Morgan fingerprint density at radius 1 is 0.585 bits per heavy atom. The number of aryl methyl sites for hydroxylation is 2. The fourth-order valence-electron chi connectivity index (χ4n) is 5.57. The molecule has 53 heavy (non-hydrogen) atoms. The molecule has 0 amide bonds. The summed E-state index contributed by atoms with van der Waals surface area (Å²) in [4.78, 5) is -1.36. The van der Waals surface area contributed by atoms with Crippen LogP contribution in [-0.4, -0.2) is 68.8 Å². The molecule has 0 aliphatic rings. The number of ether oxygens (including phenoxy) is 2. The zero-order chi connectivity index (χ0) is 38.0. The molecule has 0 unspecified atom stereocenters. The fraction of sp³-hybridized carbons (Fsp3) is 0.400. The van der Waals surface area contributed by atoms with Crippen LogP contribution in [0.25, 0.3) is 0 Å². The molecule has 4 rings (SSSR count). The third-order valence-electron chi connectivity index (χ3n) is 8.34. The van der Waals surface area contributed by atoms with E-state index in [0.717, 1.165) is 48.9 Å². The molecule has 284 valence electrons. The van der Waals surface area contributed by atoms with Crippen LogP contribution in [0.1, 0.15) is 102 Å². The molecule has 0 atom stereocenters. The van der Waals surface area contributed by atoms with Gasteiger partial charge >= 0.3 is 37.7 Å². The van der Waals surface area contributed by atoms with Crippen molar-refractivity contribution in [1.82, 2.24) is 0 Å². The summed E-state index contributed by atoms with van der Waals surface area (Å²) >= 11 is 0. The Morgan fingerprint density at radius 2 is 1.00 bits per heavy atom. The summed E-state index contributed by atoms with van der Waals surface area (Å²) in [6.45, 7) is 4.40. The summed E-state index contributed by atoms with van der Waals surface area (Å²) in [5, 5.41) is 22.1. The number of benzene rings is 4. The normalized spacial score (nSPS) is 11.2. The summed E-state index contributed by atoms with van der Waals surface area (Å²) in [6, 6.07) is 22.5. The minimum absolute atomic E-state index is 0. The number of hydrogen-bond donors (Lipinski definition) is 2. The van der Waals surface area contributed by atoms with Crippen molar-refractivity contribution in [2.24, 2.45) is 0 Å². The molecule has 0 saturated carbocycles. The maximum absolute atomic E-state index is 12.1. The van der Waals surface area contributed by atoms with Gasteiger partial charge in [0.2, 0.25) is 0 Å². The van der Waals surface area contributed by atoms with Gasteiger partial charge in [-0.1, -0.05) is 114 Å². The van der Waals surface area contributed by atoms with Gasteiger partial charge in [-0.05, 0) is 91.1 Å². The Kier molecular flexibility index (Phi) is 20.8. The van der Waals surface area contributed by atoms with Gasteiger partial charge in [-0.3, -0.25) is 4.55 Å². The first-order valence-corrected chi connectivity index (χ1v) is 20.8. The van der Waals surface area contributed by atoms with E-state index in [0.29, 0.717) is 11.5 Å². The molecule has 13 heteroatoms. The average molecular weight is 795 g/mol. The topological polar surface area (TPSA) is 173 Å². The molecule has 0 spiro atoms. The number of phenols is 1. The smallest absolute Gasteiger partial charge is 0.869 e. The minimum atomic E-state index is -4.82. The van der Waals surface area contributed by atoms with E-state index >= 15 is 0 Å². The van der Waals surface area contributed by atoms with Crippen LogP contribution < -0.4 is 14.6 Å². The van der Waals surface area contributed by atoms with Crippen molar-refractivity contribution in [2.75, 3.05) is 0 Å². The zero-order valence-corrected chi connectivity index (χ0v) is 34.5. The molecule has 0 saturated heterocycles. The number of hydrogen-bond acceptors (Lipinski definition) is 9. The molecule has 0 aliphatic carbocycles. The minimum Gasteiger partial charge on any atom is -0.869 e. The second kappa shape index (κ2) is 23.8. The first kappa shape index (κ1) is 46.3. The molecule has 4 aromatic carbocycles. The van der Waals surface area contributed by atoms with Crippen LogP contribution in [0.2, 0.25) is 0 Å². The fourth-order valence-corrected chi connectivity index (χ4v) is 6.74. The average Bonchev–Trinajstić information content (AvgIpc) is 3.09. The van der Waals surface area contributed by atoms with Crippen LogP contribution in [0.15, 0.2) is 94.7 Å². The van der Waals surface area contributed by atoms with Gasteiger partial charge in [-0.2, -0.15) is 8.42 Å². The maximum Gasteiger partial charge on any atom is 2.00 e. The van der Waals surface area contributed by atoms with E-state index in [4.69, 9.17) is 14.0 Å². The number of phenolic OH excluding ortho intramolecular Hbond substituents is 1. The van der Waals surface area contributed by atoms with Crippen LogP contribution in [0.4, 0.5) is 0 Å².